The van der Waals surface area contributed by atoms with Crippen LogP contribution in [0, 0.1) is 6.92 Å². The molecular formula is C13H19N5O2. The van der Waals surface area contributed by atoms with Crippen LogP contribution in [0.15, 0.2) is 22.7 Å². The minimum absolute atomic E-state index is 0.411. The molecule has 108 valence electrons. The van der Waals surface area contributed by atoms with Gasteiger partial charge < -0.3 is 19.8 Å². The molecule has 0 fully saturated rings. The zero-order chi connectivity index (χ0) is 14.2. The molecule has 0 aliphatic rings. The van der Waals surface area contributed by atoms with Gasteiger partial charge in [-0.15, -0.1) is 5.10 Å². The van der Waals surface area contributed by atoms with Crippen molar-refractivity contribution in [2.24, 2.45) is 0 Å². The van der Waals surface area contributed by atoms with Gasteiger partial charge in [0.05, 0.1) is 13.2 Å². The van der Waals surface area contributed by atoms with E-state index < -0.39 is 0 Å². The molecule has 7 heteroatoms. The van der Waals surface area contributed by atoms with Crippen molar-refractivity contribution in [3.8, 4) is 0 Å². The highest BCUT2D eigenvalue weighted by molar-refractivity contribution is 5.22. The Kier molecular flexibility index (Phi) is 5.45. The van der Waals surface area contributed by atoms with Gasteiger partial charge >= 0.3 is 6.01 Å². The Morgan fingerprint density at radius 3 is 2.90 bits per heavy atom. The minimum atomic E-state index is 0.411. The van der Waals surface area contributed by atoms with Gasteiger partial charge in [-0.25, -0.2) is 0 Å². The van der Waals surface area contributed by atoms with E-state index in [0.29, 0.717) is 31.6 Å². The number of rotatable bonds is 8. The van der Waals surface area contributed by atoms with Crippen LogP contribution < -0.4 is 10.6 Å². The van der Waals surface area contributed by atoms with Crippen LogP contribution in [0.25, 0.3) is 0 Å². The van der Waals surface area contributed by atoms with Crippen molar-refractivity contribution < 1.29 is 9.15 Å². The second-order valence-electron chi connectivity index (χ2n) is 4.33. The van der Waals surface area contributed by atoms with Gasteiger partial charge in [0, 0.05) is 32.1 Å². The van der Waals surface area contributed by atoms with Gasteiger partial charge in [-0.2, -0.15) is 0 Å². The van der Waals surface area contributed by atoms with E-state index >= 15 is 0 Å². The fourth-order valence-corrected chi connectivity index (χ4v) is 1.55. The molecular weight excluding hydrogens is 258 g/mol. The van der Waals surface area contributed by atoms with Crippen molar-refractivity contribution in [2.75, 3.05) is 25.6 Å². The Bertz CT molecular complexity index is 512. The Balaban J connectivity index is 1.76. The lowest BCUT2D eigenvalue weighted by molar-refractivity contribution is 0.198. The standard InChI is InChI=1S/C13H19N5O2/c1-10-3-4-11(7-15-10)8-16-13-18-17-12(20-13)9-14-5-6-19-2/h3-4,7,14H,5-6,8-9H2,1-2H3,(H,16,18). The van der Waals surface area contributed by atoms with Crippen LogP contribution in [0.5, 0.6) is 0 Å². The normalized spacial score (nSPS) is 10.7. The summed E-state index contributed by atoms with van der Waals surface area (Å²) >= 11 is 0. The maximum Gasteiger partial charge on any atom is 0.315 e. The third kappa shape index (κ3) is 4.60. The Morgan fingerprint density at radius 2 is 2.15 bits per heavy atom. The van der Waals surface area contributed by atoms with Crippen molar-refractivity contribution in [1.29, 1.82) is 0 Å². The average Bonchev–Trinajstić information content (AvgIpc) is 2.91. The van der Waals surface area contributed by atoms with Crippen LogP contribution in [0.2, 0.25) is 0 Å². The number of ether oxygens (including phenoxy) is 1. The smallest absolute Gasteiger partial charge is 0.315 e. The summed E-state index contributed by atoms with van der Waals surface area (Å²) in [6.07, 6.45) is 1.83. The third-order valence-corrected chi connectivity index (χ3v) is 2.64. The van der Waals surface area contributed by atoms with E-state index in [1.807, 2.05) is 25.3 Å². The molecule has 0 spiro atoms. The lowest BCUT2D eigenvalue weighted by atomic mass is 10.2. The van der Waals surface area contributed by atoms with E-state index in [4.69, 9.17) is 9.15 Å². The van der Waals surface area contributed by atoms with Crippen molar-refractivity contribution in [2.45, 2.75) is 20.0 Å². The van der Waals surface area contributed by atoms with E-state index in [2.05, 4.69) is 25.8 Å². The fraction of sp³-hybridized carbons (Fsp3) is 0.462. The van der Waals surface area contributed by atoms with Gasteiger partial charge in [0.2, 0.25) is 5.89 Å². The molecule has 2 aromatic rings. The Morgan fingerprint density at radius 1 is 1.25 bits per heavy atom. The van der Waals surface area contributed by atoms with Gasteiger partial charge in [0.1, 0.15) is 0 Å². The number of nitrogens with zero attached hydrogens (tertiary/aromatic N) is 3. The molecule has 7 nitrogen and oxygen atoms in total. The summed E-state index contributed by atoms with van der Waals surface area (Å²) in [6.45, 7) is 4.49. The van der Waals surface area contributed by atoms with Gasteiger partial charge in [-0.05, 0) is 18.6 Å². The SMILES string of the molecule is COCCNCc1nnc(NCc2ccc(C)nc2)o1. The van der Waals surface area contributed by atoms with Crippen LogP contribution in [0.1, 0.15) is 17.1 Å². The molecule has 0 atom stereocenters. The maximum absolute atomic E-state index is 5.45. The highest BCUT2D eigenvalue weighted by Gasteiger charge is 2.05. The molecule has 0 amide bonds. The minimum Gasteiger partial charge on any atom is -0.407 e. The van der Waals surface area contributed by atoms with Crippen molar-refractivity contribution >= 4 is 6.01 Å². The van der Waals surface area contributed by atoms with Crippen molar-refractivity contribution in [3.63, 3.8) is 0 Å². The van der Waals surface area contributed by atoms with E-state index in [0.717, 1.165) is 17.8 Å². The number of aromatic nitrogens is 3. The molecule has 2 aromatic heterocycles. The number of hydrogen-bond acceptors (Lipinski definition) is 7. The molecule has 0 saturated heterocycles. The van der Waals surface area contributed by atoms with E-state index in [-0.39, 0.29) is 0 Å². The number of nitrogens with one attached hydrogen (secondary N) is 2. The first-order valence-corrected chi connectivity index (χ1v) is 6.45. The van der Waals surface area contributed by atoms with Crippen molar-refractivity contribution in [1.82, 2.24) is 20.5 Å². The third-order valence-electron chi connectivity index (χ3n) is 2.64. The van der Waals surface area contributed by atoms with Gasteiger partial charge in [0.15, 0.2) is 0 Å². The first kappa shape index (κ1) is 14.4. The second kappa shape index (κ2) is 7.56. The zero-order valence-corrected chi connectivity index (χ0v) is 11.7. The number of aryl methyl sites for hydroxylation is 1. The Hall–Kier alpha value is -1.99. The largest absolute Gasteiger partial charge is 0.407 e. The summed E-state index contributed by atoms with van der Waals surface area (Å²) in [5.74, 6) is 0.547. The molecule has 0 saturated carbocycles. The summed E-state index contributed by atoms with van der Waals surface area (Å²) in [4.78, 5) is 4.23. The molecule has 2 N–H and O–H groups in total. The number of anilines is 1. The predicted octanol–water partition coefficient (Wildman–Crippen LogP) is 1.12. The number of hydrogen-bond donors (Lipinski definition) is 2. The van der Waals surface area contributed by atoms with Crippen LogP contribution in [-0.2, 0) is 17.8 Å². The van der Waals surface area contributed by atoms with Gasteiger partial charge in [-0.3, -0.25) is 4.98 Å². The highest BCUT2D eigenvalue weighted by Crippen LogP contribution is 2.07. The molecule has 0 aliphatic carbocycles. The molecule has 2 rings (SSSR count). The molecule has 0 aliphatic heterocycles. The lowest BCUT2D eigenvalue weighted by Crippen LogP contribution is -2.18. The van der Waals surface area contributed by atoms with Crippen molar-refractivity contribution in [3.05, 3.63) is 35.5 Å². The first-order chi connectivity index (χ1) is 9.78. The molecule has 20 heavy (non-hydrogen) atoms. The van der Waals surface area contributed by atoms with E-state index in [1.54, 1.807) is 7.11 Å². The second-order valence-corrected chi connectivity index (χ2v) is 4.33. The van der Waals surface area contributed by atoms with E-state index in [9.17, 15) is 0 Å². The summed E-state index contributed by atoms with van der Waals surface area (Å²) in [7, 11) is 1.66. The molecule has 0 bridgehead atoms. The van der Waals surface area contributed by atoms with E-state index in [1.165, 1.54) is 0 Å². The summed E-state index contributed by atoms with van der Waals surface area (Å²) in [5, 5.41) is 14.1. The van der Waals surface area contributed by atoms with Crippen LogP contribution in [-0.4, -0.2) is 35.4 Å². The molecule has 2 heterocycles. The summed E-state index contributed by atoms with van der Waals surface area (Å²) < 4.78 is 10.4. The Labute approximate surface area is 117 Å². The maximum atomic E-state index is 5.45. The van der Waals surface area contributed by atoms with Gasteiger partial charge in [0.25, 0.3) is 0 Å². The van der Waals surface area contributed by atoms with Crippen LogP contribution >= 0.6 is 0 Å². The summed E-state index contributed by atoms with van der Waals surface area (Å²) in [5.41, 5.74) is 2.06. The monoisotopic (exact) mass is 277 g/mol. The number of methoxy groups -OCH3 is 1. The molecule has 0 aromatic carbocycles. The topological polar surface area (TPSA) is 85.1 Å². The predicted molar refractivity (Wildman–Crippen MR) is 74.2 cm³/mol. The molecule has 0 unspecified atom stereocenters. The zero-order valence-electron chi connectivity index (χ0n) is 11.7. The first-order valence-electron chi connectivity index (χ1n) is 6.45. The van der Waals surface area contributed by atoms with Gasteiger partial charge in [-0.1, -0.05) is 11.2 Å². The average molecular weight is 277 g/mol. The summed E-state index contributed by atoms with van der Waals surface area (Å²) in [6, 6.07) is 4.39. The highest BCUT2D eigenvalue weighted by atomic mass is 16.5. The number of pyridine rings is 1. The quantitative estimate of drug-likeness (QED) is 0.699. The lowest BCUT2D eigenvalue weighted by Gasteiger charge is -2.01. The fourth-order valence-electron chi connectivity index (χ4n) is 1.55. The van der Waals surface area contributed by atoms with Crippen LogP contribution in [0.4, 0.5) is 6.01 Å². The van der Waals surface area contributed by atoms with Crippen LogP contribution in [0.3, 0.4) is 0 Å². The molecule has 0 radical (unpaired) electrons.